The Hall–Kier alpha value is -2.48. The minimum absolute atomic E-state index is 0.119. The van der Waals surface area contributed by atoms with Gasteiger partial charge >= 0.3 is 5.97 Å². The van der Waals surface area contributed by atoms with E-state index >= 15 is 0 Å². The maximum atomic E-state index is 12.6. The summed E-state index contributed by atoms with van der Waals surface area (Å²) in [6.07, 6.45) is 0. The molecule has 0 unspecified atom stereocenters. The summed E-state index contributed by atoms with van der Waals surface area (Å²) in [5, 5.41) is 14.6. The molecule has 3 rings (SSSR count). The highest BCUT2D eigenvalue weighted by Gasteiger charge is 2.23. The fourth-order valence-corrected chi connectivity index (χ4v) is 3.18. The zero-order chi connectivity index (χ0) is 20.6. The Bertz CT molecular complexity index is 1120. The highest BCUT2D eigenvalue weighted by molar-refractivity contribution is 6.42. The summed E-state index contributed by atoms with van der Waals surface area (Å²) in [5.41, 5.74) is -0.546. The van der Waals surface area contributed by atoms with E-state index in [2.05, 4.69) is 5.10 Å². The van der Waals surface area contributed by atoms with Crippen molar-refractivity contribution < 1.29 is 14.6 Å². The van der Waals surface area contributed by atoms with Crippen molar-refractivity contribution in [2.45, 2.75) is 13.5 Å². The van der Waals surface area contributed by atoms with Crippen LogP contribution in [0.3, 0.4) is 0 Å². The maximum Gasteiger partial charge on any atom is 0.341 e. The molecule has 1 aromatic carbocycles. The molecular weight excluding hydrogens is 429 g/mol. The number of carbonyl (C=O) groups is 1. The van der Waals surface area contributed by atoms with Crippen molar-refractivity contribution in [3.8, 4) is 23.0 Å². The molecule has 0 bridgehead atoms. The van der Waals surface area contributed by atoms with Gasteiger partial charge in [-0.25, -0.2) is 4.79 Å². The van der Waals surface area contributed by atoms with Crippen molar-refractivity contribution in [3.63, 3.8) is 0 Å². The number of rotatable bonds is 5. The van der Waals surface area contributed by atoms with Crippen molar-refractivity contribution >= 4 is 40.8 Å². The average Bonchev–Trinajstić information content (AvgIpc) is 2.93. The van der Waals surface area contributed by atoms with Crippen LogP contribution in [0, 0.1) is 0 Å². The summed E-state index contributed by atoms with van der Waals surface area (Å²) in [6.45, 7) is 2.10. The summed E-state index contributed by atoms with van der Waals surface area (Å²) in [7, 11) is 1.64. The van der Waals surface area contributed by atoms with Crippen LogP contribution in [0.1, 0.15) is 17.3 Å². The number of aromatic nitrogens is 3. The Morgan fingerprint density at radius 1 is 1.18 bits per heavy atom. The van der Waals surface area contributed by atoms with Crippen LogP contribution in [0.25, 0.3) is 11.3 Å². The molecular formula is C18H14Cl3N3O4. The normalized spacial score (nSPS) is 10.9. The number of aromatic carboxylic acids is 1. The second kappa shape index (κ2) is 7.87. The Morgan fingerprint density at radius 2 is 1.89 bits per heavy atom. The molecule has 2 heterocycles. The van der Waals surface area contributed by atoms with Gasteiger partial charge in [0.15, 0.2) is 0 Å². The van der Waals surface area contributed by atoms with Crippen LogP contribution in [0.15, 0.2) is 35.1 Å². The van der Waals surface area contributed by atoms with Crippen LogP contribution in [-0.2, 0) is 13.6 Å². The SMILES string of the molecule is CCn1c(Oc2cc(Cl)n(C)n2)cc(=O)c(C(=O)O)c1-c1ccc(Cl)c(Cl)c1. The molecule has 0 spiro atoms. The smallest absolute Gasteiger partial charge is 0.341 e. The molecule has 0 atom stereocenters. The van der Waals surface area contributed by atoms with E-state index in [-0.39, 0.29) is 22.5 Å². The van der Waals surface area contributed by atoms with Gasteiger partial charge in [0.1, 0.15) is 10.7 Å². The molecule has 146 valence electrons. The van der Waals surface area contributed by atoms with E-state index in [0.717, 1.165) is 6.07 Å². The maximum absolute atomic E-state index is 12.6. The van der Waals surface area contributed by atoms with E-state index in [1.165, 1.54) is 22.9 Å². The standard InChI is InChI=1S/C18H14Cl3N3O4/c1-3-24-15(28-14-8-13(21)23(2)22-14)7-12(25)16(18(26)27)17(24)9-4-5-10(19)11(20)6-9/h4-8H,3H2,1-2H3,(H,26,27). The molecule has 28 heavy (non-hydrogen) atoms. The third kappa shape index (κ3) is 3.73. The Labute approximate surface area is 174 Å². The van der Waals surface area contributed by atoms with Gasteiger partial charge in [0.05, 0.1) is 15.7 Å². The number of halogens is 3. The van der Waals surface area contributed by atoms with Gasteiger partial charge in [0.2, 0.25) is 17.2 Å². The van der Waals surface area contributed by atoms with E-state index in [1.807, 2.05) is 0 Å². The molecule has 2 aromatic heterocycles. The van der Waals surface area contributed by atoms with Crippen molar-refractivity contribution in [2.75, 3.05) is 0 Å². The van der Waals surface area contributed by atoms with Crippen LogP contribution >= 0.6 is 34.8 Å². The fourth-order valence-electron chi connectivity index (χ4n) is 2.75. The van der Waals surface area contributed by atoms with Gasteiger partial charge in [-0.15, -0.1) is 5.10 Å². The number of hydrogen-bond donors (Lipinski definition) is 1. The number of ether oxygens (including phenoxy) is 1. The van der Waals surface area contributed by atoms with Gasteiger partial charge in [0, 0.05) is 31.3 Å². The third-order valence-electron chi connectivity index (χ3n) is 4.01. The summed E-state index contributed by atoms with van der Waals surface area (Å²) >= 11 is 18.0. The number of nitrogens with zero attached hydrogens (tertiary/aromatic N) is 3. The Kier molecular flexibility index (Phi) is 5.69. The van der Waals surface area contributed by atoms with E-state index in [0.29, 0.717) is 22.3 Å². The predicted octanol–water partition coefficient (Wildman–Crippen LogP) is 4.72. The molecule has 0 radical (unpaired) electrons. The lowest BCUT2D eigenvalue weighted by atomic mass is 10.0. The van der Waals surface area contributed by atoms with E-state index in [9.17, 15) is 14.7 Å². The summed E-state index contributed by atoms with van der Waals surface area (Å²) < 4.78 is 8.68. The van der Waals surface area contributed by atoms with E-state index < -0.39 is 17.0 Å². The monoisotopic (exact) mass is 441 g/mol. The van der Waals surface area contributed by atoms with Crippen molar-refractivity contribution in [3.05, 3.63) is 61.3 Å². The topological polar surface area (TPSA) is 86.4 Å². The Morgan fingerprint density at radius 3 is 2.43 bits per heavy atom. The molecule has 3 aromatic rings. The molecule has 0 saturated carbocycles. The van der Waals surface area contributed by atoms with Crippen molar-refractivity contribution in [1.29, 1.82) is 0 Å². The second-order valence-electron chi connectivity index (χ2n) is 5.78. The van der Waals surface area contributed by atoms with Crippen LogP contribution in [0.4, 0.5) is 0 Å². The molecule has 0 amide bonds. The first-order valence-electron chi connectivity index (χ1n) is 8.06. The molecule has 7 nitrogen and oxygen atoms in total. The summed E-state index contributed by atoms with van der Waals surface area (Å²) in [5.74, 6) is -1.08. The quantitative estimate of drug-likeness (QED) is 0.618. The molecule has 0 aliphatic heterocycles. The number of hydrogen-bond acceptors (Lipinski definition) is 4. The molecule has 0 fully saturated rings. The first-order valence-corrected chi connectivity index (χ1v) is 9.20. The minimum Gasteiger partial charge on any atom is -0.477 e. The van der Waals surface area contributed by atoms with E-state index in [4.69, 9.17) is 39.5 Å². The predicted molar refractivity (Wildman–Crippen MR) is 107 cm³/mol. The lowest BCUT2D eigenvalue weighted by Crippen LogP contribution is -2.21. The largest absolute Gasteiger partial charge is 0.477 e. The lowest BCUT2D eigenvalue weighted by Gasteiger charge is -2.19. The van der Waals surface area contributed by atoms with Crippen molar-refractivity contribution in [1.82, 2.24) is 14.3 Å². The number of pyridine rings is 1. The summed E-state index contributed by atoms with van der Waals surface area (Å²) in [4.78, 5) is 24.4. The molecule has 1 N–H and O–H groups in total. The third-order valence-corrected chi connectivity index (χ3v) is 5.10. The molecule has 0 saturated heterocycles. The highest BCUT2D eigenvalue weighted by Crippen LogP contribution is 2.33. The first kappa shape index (κ1) is 20.3. The van der Waals surface area contributed by atoms with Crippen LogP contribution in [-0.4, -0.2) is 25.4 Å². The zero-order valence-corrected chi connectivity index (χ0v) is 17.0. The molecule has 10 heteroatoms. The van der Waals surface area contributed by atoms with Crippen LogP contribution in [0.2, 0.25) is 15.2 Å². The van der Waals surface area contributed by atoms with Crippen LogP contribution < -0.4 is 10.2 Å². The first-order chi connectivity index (χ1) is 13.2. The number of carboxylic acid groups (broad SMARTS) is 1. The number of benzene rings is 1. The Balaban J connectivity index is 2.28. The zero-order valence-electron chi connectivity index (χ0n) is 14.7. The highest BCUT2D eigenvalue weighted by atomic mass is 35.5. The van der Waals surface area contributed by atoms with Gasteiger partial charge in [0.25, 0.3) is 0 Å². The molecule has 0 aliphatic rings. The average molecular weight is 443 g/mol. The van der Waals surface area contributed by atoms with Gasteiger partial charge in [-0.05, 0) is 19.1 Å². The fraction of sp³-hybridized carbons (Fsp3) is 0.167. The second-order valence-corrected chi connectivity index (χ2v) is 6.98. The lowest BCUT2D eigenvalue weighted by molar-refractivity contribution is 0.0695. The number of aryl methyl sites for hydroxylation is 1. The van der Waals surface area contributed by atoms with Crippen LogP contribution in [0.5, 0.6) is 11.8 Å². The number of carboxylic acids is 1. The van der Waals surface area contributed by atoms with Crippen molar-refractivity contribution in [2.24, 2.45) is 7.05 Å². The minimum atomic E-state index is -1.36. The molecule has 0 aliphatic carbocycles. The van der Waals surface area contributed by atoms with Gasteiger partial charge < -0.3 is 14.4 Å². The van der Waals surface area contributed by atoms with Gasteiger partial charge in [-0.3, -0.25) is 9.48 Å². The van der Waals surface area contributed by atoms with E-state index in [1.54, 1.807) is 24.6 Å². The van der Waals surface area contributed by atoms with Gasteiger partial charge in [-0.2, -0.15) is 0 Å². The summed E-state index contributed by atoms with van der Waals surface area (Å²) in [6, 6.07) is 7.20. The van der Waals surface area contributed by atoms with Gasteiger partial charge in [-0.1, -0.05) is 40.9 Å².